The molecule has 0 fully saturated rings. The Labute approximate surface area is 158 Å². The van der Waals surface area contributed by atoms with Crippen molar-refractivity contribution in [1.82, 2.24) is 10.2 Å². The lowest BCUT2D eigenvalue weighted by Gasteiger charge is -2.18. The number of benzene rings is 1. The maximum Gasteiger partial charge on any atom is 0.247 e. The van der Waals surface area contributed by atoms with Crippen LogP contribution >= 0.6 is 27.3 Å². The van der Waals surface area contributed by atoms with Crippen molar-refractivity contribution >= 4 is 45.2 Å². The highest BCUT2D eigenvalue weighted by Gasteiger charge is 2.13. The number of hydrogen-bond donors (Lipinski definition) is 1. The van der Waals surface area contributed by atoms with Crippen LogP contribution in [0.1, 0.15) is 17.4 Å². The minimum absolute atomic E-state index is 0.0188. The summed E-state index contributed by atoms with van der Waals surface area (Å²) >= 11 is 4.89. The van der Waals surface area contributed by atoms with E-state index in [0.717, 1.165) is 14.2 Å². The molecule has 2 rings (SSSR count). The Balaban J connectivity index is 1.84. The fourth-order valence-electron chi connectivity index (χ4n) is 2.05. The number of likely N-dealkylation sites (N-methyl/N-ethyl adjacent to an activating group) is 1. The third-order valence-electron chi connectivity index (χ3n) is 3.41. The molecule has 0 radical (unpaired) electrons. The lowest BCUT2D eigenvalue weighted by atomic mass is 10.2. The lowest BCUT2D eigenvalue weighted by molar-refractivity contribution is -0.132. The number of nitrogens with zero attached hydrogens (tertiary/aromatic N) is 1. The number of carbonyl (C=O) groups excluding carboxylic acids is 2. The Kier molecular flexibility index (Phi) is 7.33. The van der Waals surface area contributed by atoms with Crippen molar-refractivity contribution in [3.05, 3.63) is 62.5 Å². The molecule has 7 heteroatoms. The molecule has 0 saturated carbocycles. The average molecular weight is 425 g/mol. The van der Waals surface area contributed by atoms with Gasteiger partial charge in [-0.05, 0) is 58.8 Å². The monoisotopic (exact) mass is 424 g/mol. The zero-order valence-electron chi connectivity index (χ0n) is 13.7. The molecule has 2 aromatic rings. The molecule has 1 N–H and O–H groups in total. The summed E-state index contributed by atoms with van der Waals surface area (Å²) in [5.74, 6) is -0.793. The van der Waals surface area contributed by atoms with Gasteiger partial charge in [-0.15, -0.1) is 11.3 Å². The molecular weight excluding hydrogens is 407 g/mol. The number of hydrogen-bond acceptors (Lipinski definition) is 3. The van der Waals surface area contributed by atoms with Crippen LogP contribution < -0.4 is 5.32 Å². The summed E-state index contributed by atoms with van der Waals surface area (Å²) < 4.78 is 13.8. The molecule has 0 spiro atoms. The summed E-state index contributed by atoms with van der Waals surface area (Å²) in [5, 5.41) is 2.73. The third-order valence-corrected chi connectivity index (χ3v) is 5.00. The smallest absolute Gasteiger partial charge is 0.247 e. The molecule has 4 nitrogen and oxygen atoms in total. The highest BCUT2D eigenvalue weighted by atomic mass is 79.9. The van der Waals surface area contributed by atoms with E-state index in [2.05, 4.69) is 21.2 Å². The van der Waals surface area contributed by atoms with Crippen molar-refractivity contribution in [3.63, 3.8) is 0 Å². The minimum Gasteiger partial charge on any atom is -0.350 e. The van der Waals surface area contributed by atoms with Crippen LogP contribution in [0.5, 0.6) is 0 Å². The second-order valence-electron chi connectivity index (χ2n) is 5.23. The van der Waals surface area contributed by atoms with E-state index in [0.29, 0.717) is 13.1 Å². The molecule has 0 atom stereocenters. The maximum atomic E-state index is 12.8. The van der Waals surface area contributed by atoms with E-state index in [9.17, 15) is 14.0 Å². The Hall–Kier alpha value is -1.99. The largest absolute Gasteiger partial charge is 0.350 e. The summed E-state index contributed by atoms with van der Waals surface area (Å²) in [5.41, 5.74) is 0.798. The fraction of sp³-hybridized carbons (Fsp3) is 0.222. The second kappa shape index (κ2) is 9.48. The van der Waals surface area contributed by atoms with Crippen molar-refractivity contribution in [2.75, 3.05) is 13.1 Å². The predicted molar refractivity (Wildman–Crippen MR) is 102 cm³/mol. The summed E-state index contributed by atoms with van der Waals surface area (Å²) in [6, 6.07) is 9.73. The van der Waals surface area contributed by atoms with Crippen LogP contribution in [-0.4, -0.2) is 29.8 Å². The van der Waals surface area contributed by atoms with E-state index in [1.807, 2.05) is 19.1 Å². The highest BCUT2D eigenvalue weighted by molar-refractivity contribution is 9.11. The normalized spacial score (nSPS) is 10.8. The van der Waals surface area contributed by atoms with Crippen LogP contribution in [0.25, 0.3) is 6.08 Å². The number of carbonyl (C=O) groups is 2. The summed E-state index contributed by atoms with van der Waals surface area (Å²) in [6.07, 6.45) is 3.20. The fourth-order valence-corrected chi connectivity index (χ4v) is 3.38. The van der Waals surface area contributed by atoms with Gasteiger partial charge in [0.2, 0.25) is 11.8 Å². The molecule has 25 heavy (non-hydrogen) atoms. The first-order valence-corrected chi connectivity index (χ1v) is 9.32. The zero-order valence-corrected chi connectivity index (χ0v) is 16.1. The van der Waals surface area contributed by atoms with Gasteiger partial charge in [0.25, 0.3) is 0 Å². The first-order chi connectivity index (χ1) is 12.0. The number of halogens is 2. The molecule has 0 bridgehead atoms. The second-order valence-corrected chi connectivity index (χ2v) is 7.73. The lowest BCUT2D eigenvalue weighted by Crippen LogP contribution is -2.39. The van der Waals surface area contributed by atoms with Crippen LogP contribution in [0.4, 0.5) is 4.39 Å². The number of amides is 2. The Morgan fingerprint density at radius 2 is 1.96 bits per heavy atom. The Bertz CT molecular complexity index is 759. The van der Waals surface area contributed by atoms with Gasteiger partial charge in [-0.25, -0.2) is 4.39 Å². The standard InChI is InChI=1S/C18H18BrFN2O2S/c1-2-22(18(24)10-8-15-7-9-16(19)25-15)12-17(23)21-11-13-3-5-14(20)6-4-13/h3-10H,2,11-12H2,1H3,(H,21,23). The van der Waals surface area contributed by atoms with Crippen LogP contribution in [0, 0.1) is 5.82 Å². The molecule has 0 aliphatic rings. The Morgan fingerprint density at radius 1 is 1.24 bits per heavy atom. The summed E-state index contributed by atoms with van der Waals surface area (Å²) in [4.78, 5) is 26.7. The van der Waals surface area contributed by atoms with Gasteiger partial charge < -0.3 is 10.2 Å². The average Bonchev–Trinajstić information content (AvgIpc) is 3.02. The molecular formula is C18H18BrFN2O2S. The van der Waals surface area contributed by atoms with Gasteiger partial charge in [0, 0.05) is 24.0 Å². The number of thiophene rings is 1. The van der Waals surface area contributed by atoms with Gasteiger partial charge in [0.1, 0.15) is 5.82 Å². The van der Waals surface area contributed by atoms with Crippen LogP contribution in [0.15, 0.2) is 46.3 Å². The first-order valence-electron chi connectivity index (χ1n) is 7.71. The van der Waals surface area contributed by atoms with E-state index >= 15 is 0 Å². The van der Waals surface area contributed by atoms with Crippen molar-refractivity contribution < 1.29 is 14.0 Å². The molecule has 0 aliphatic heterocycles. The van der Waals surface area contributed by atoms with Gasteiger partial charge in [0.05, 0.1) is 10.3 Å². The van der Waals surface area contributed by atoms with Crippen LogP contribution in [0.2, 0.25) is 0 Å². The van der Waals surface area contributed by atoms with Gasteiger partial charge in [-0.3, -0.25) is 9.59 Å². The van der Waals surface area contributed by atoms with Gasteiger partial charge in [-0.1, -0.05) is 12.1 Å². The third kappa shape index (κ3) is 6.43. The van der Waals surface area contributed by atoms with Crippen molar-refractivity contribution in [2.45, 2.75) is 13.5 Å². The SMILES string of the molecule is CCN(CC(=O)NCc1ccc(F)cc1)C(=O)C=Cc1ccc(Br)s1. The quantitative estimate of drug-likeness (QED) is 0.686. The molecule has 132 valence electrons. The number of nitrogens with one attached hydrogen (secondary N) is 1. The van der Waals surface area contributed by atoms with Crippen LogP contribution in [0.3, 0.4) is 0 Å². The molecule has 0 aliphatic carbocycles. The zero-order chi connectivity index (χ0) is 18.2. The summed E-state index contributed by atoms with van der Waals surface area (Å²) in [7, 11) is 0. The molecule has 0 saturated heterocycles. The highest BCUT2D eigenvalue weighted by Crippen LogP contribution is 2.23. The van der Waals surface area contributed by atoms with E-state index in [1.54, 1.807) is 18.2 Å². The molecule has 1 aromatic carbocycles. The van der Waals surface area contributed by atoms with E-state index in [4.69, 9.17) is 0 Å². The predicted octanol–water partition coefficient (Wildman–Crippen LogP) is 3.83. The van der Waals surface area contributed by atoms with E-state index in [-0.39, 0.29) is 24.2 Å². The molecule has 0 unspecified atom stereocenters. The van der Waals surface area contributed by atoms with Crippen molar-refractivity contribution in [3.8, 4) is 0 Å². The van der Waals surface area contributed by atoms with Gasteiger partial charge in [0.15, 0.2) is 0 Å². The molecule has 2 amide bonds. The topological polar surface area (TPSA) is 49.4 Å². The Morgan fingerprint density at radius 3 is 2.56 bits per heavy atom. The molecule has 1 heterocycles. The first kappa shape index (κ1) is 19.3. The van der Waals surface area contributed by atoms with E-state index in [1.165, 1.54) is 34.4 Å². The van der Waals surface area contributed by atoms with Crippen molar-refractivity contribution in [2.24, 2.45) is 0 Å². The van der Waals surface area contributed by atoms with Crippen LogP contribution in [-0.2, 0) is 16.1 Å². The molecule has 1 aromatic heterocycles. The maximum absolute atomic E-state index is 12.8. The van der Waals surface area contributed by atoms with Gasteiger partial charge >= 0.3 is 0 Å². The van der Waals surface area contributed by atoms with Gasteiger partial charge in [-0.2, -0.15) is 0 Å². The van der Waals surface area contributed by atoms with E-state index < -0.39 is 0 Å². The number of rotatable bonds is 7. The van der Waals surface area contributed by atoms with Crippen molar-refractivity contribution in [1.29, 1.82) is 0 Å². The summed E-state index contributed by atoms with van der Waals surface area (Å²) in [6.45, 7) is 2.53. The minimum atomic E-state index is -0.317.